The predicted molar refractivity (Wildman–Crippen MR) is 55.0 cm³/mol. The number of hydroxylamine groups is 1. The first-order valence-electron chi connectivity index (χ1n) is 3.65. The molecule has 0 unspecified atom stereocenters. The highest BCUT2D eigenvalue weighted by Gasteiger charge is 2.06. The van der Waals surface area contributed by atoms with Crippen molar-refractivity contribution in [3.63, 3.8) is 0 Å². The van der Waals surface area contributed by atoms with E-state index in [2.05, 4.69) is 0 Å². The summed E-state index contributed by atoms with van der Waals surface area (Å²) < 4.78 is 0. The van der Waals surface area contributed by atoms with Crippen molar-refractivity contribution in [2.45, 2.75) is 6.42 Å². The normalized spacial score (nSPS) is 10.5. The van der Waals surface area contributed by atoms with Gasteiger partial charge in [0.2, 0.25) is 0 Å². The van der Waals surface area contributed by atoms with Crippen molar-refractivity contribution in [3.05, 3.63) is 32.8 Å². The molecular formula is C8H8Cl3NO. The van der Waals surface area contributed by atoms with E-state index in [1.807, 2.05) is 5.48 Å². The van der Waals surface area contributed by atoms with Gasteiger partial charge in [-0.3, -0.25) is 0 Å². The summed E-state index contributed by atoms with van der Waals surface area (Å²) in [5.74, 6) is 0. The van der Waals surface area contributed by atoms with Gasteiger partial charge in [0.1, 0.15) is 0 Å². The molecule has 13 heavy (non-hydrogen) atoms. The van der Waals surface area contributed by atoms with E-state index in [9.17, 15) is 0 Å². The minimum absolute atomic E-state index is 0.404. The van der Waals surface area contributed by atoms with E-state index in [-0.39, 0.29) is 0 Å². The lowest BCUT2D eigenvalue weighted by molar-refractivity contribution is 0.168. The van der Waals surface area contributed by atoms with E-state index in [0.717, 1.165) is 5.56 Å². The van der Waals surface area contributed by atoms with E-state index in [4.69, 9.17) is 40.0 Å². The van der Waals surface area contributed by atoms with Crippen LogP contribution in [0.3, 0.4) is 0 Å². The quantitative estimate of drug-likeness (QED) is 0.796. The predicted octanol–water partition coefficient (Wildman–Crippen LogP) is 3.17. The largest absolute Gasteiger partial charge is 0.317 e. The average Bonchev–Trinajstić information content (AvgIpc) is 2.02. The molecule has 5 heteroatoms. The van der Waals surface area contributed by atoms with E-state index in [0.29, 0.717) is 28.0 Å². The maximum absolute atomic E-state index is 8.40. The first-order chi connectivity index (χ1) is 6.15. The van der Waals surface area contributed by atoms with Gasteiger partial charge in [0.25, 0.3) is 0 Å². The lowest BCUT2D eigenvalue weighted by atomic mass is 10.1. The van der Waals surface area contributed by atoms with Gasteiger partial charge in [0.15, 0.2) is 0 Å². The fourth-order valence-electron chi connectivity index (χ4n) is 0.992. The zero-order valence-corrected chi connectivity index (χ0v) is 8.92. The van der Waals surface area contributed by atoms with E-state index in [1.54, 1.807) is 12.1 Å². The second-order valence-electron chi connectivity index (χ2n) is 2.51. The van der Waals surface area contributed by atoms with E-state index >= 15 is 0 Å². The molecule has 0 saturated heterocycles. The average molecular weight is 241 g/mol. The van der Waals surface area contributed by atoms with Crippen LogP contribution < -0.4 is 5.48 Å². The van der Waals surface area contributed by atoms with Crippen molar-refractivity contribution in [2.75, 3.05) is 6.54 Å². The molecule has 0 fully saturated rings. The Kier molecular flexibility index (Phi) is 4.29. The Bertz CT molecular complexity index is 280. The molecule has 0 amide bonds. The molecule has 1 rings (SSSR count). The van der Waals surface area contributed by atoms with Crippen LogP contribution in [-0.4, -0.2) is 11.8 Å². The minimum atomic E-state index is 0.404. The molecule has 2 nitrogen and oxygen atoms in total. The second kappa shape index (κ2) is 5.03. The highest BCUT2D eigenvalue weighted by atomic mass is 35.5. The molecule has 0 atom stereocenters. The molecule has 2 N–H and O–H groups in total. The molecule has 0 spiro atoms. The Labute approximate surface area is 91.4 Å². The summed E-state index contributed by atoms with van der Waals surface area (Å²) in [5, 5.41) is 9.95. The topological polar surface area (TPSA) is 32.3 Å². The maximum atomic E-state index is 8.40. The fourth-order valence-corrected chi connectivity index (χ4v) is 2.00. The van der Waals surface area contributed by atoms with Crippen molar-refractivity contribution in [1.29, 1.82) is 0 Å². The van der Waals surface area contributed by atoms with Crippen LogP contribution in [0.4, 0.5) is 0 Å². The van der Waals surface area contributed by atoms with Crippen LogP contribution in [0.1, 0.15) is 5.56 Å². The number of rotatable bonds is 3. The molecule has 0 aliphatic rings. The third kappa shape index (κ3) is 3.01. The van der Waals surface area contributed by atoms with Crippen LogP contribution >= 0.6 is 34.8 Å². The Morgan fingerprint density at radius 1 is 1.15 bits per heavy atom. The van der Waals surface area contributed by atoms with Crippen LogP contribution in [0.2, 0.25) is 15.1 Å². The highest BCUT2D eigenvalue weighted by molar-refractivity contribution is 6.39. The number of benzene rings is 1. The summed E-state index contributed by atoms with van der Waals surface area (Å²) in [6.45, 7) is 0.404. The van der Waals surface area contributed by atoms with Crippen LogP contribution in [0.25, 0.3) is 0 Å². The molecule has 0 bridgehead atoms. The van der Waals surface area contributed by atoms with E-state index in [1.165, 1.54) is 0 Å². The minimum Gasteiger partial charge on any atom is -0.317 e. The van der Waals surface area contributed by atoms with Gasteiger partial charge >= 0.3 is 0 Å². The van der Waals surface area contributed by atoms with Crippen molar-refractivity contribution >= 4 is 34.8 Å². The Hall–Kier alpha value is 0.01000. The standard InChI is InChI=1S/C8H8Cl3NO/c9-5-3-7(10)6(1-2-12-13)8(11)4-5/h3-4,12-13H,1-2H2. The summed E-state index contributed by atoms with van der Waals surface area (Å²) in [6, 6.07) is 3.25. The first-order valence-corrected chi connectivity index (χ1v) is 4.79. The lowest BCUT2D eigenvalue weighted by Crippen LogP contribution is -2.11. The molecule has 1 aromatic carbocycles. The smallest absolute Gasteiger partial charge is 0.0468 e. The lowest BCUT2D eigenvalue weighted by Gasteiger charge is -2.06. The van der Waals surface area contributed by atoms with Crippen LogP contribution in [0.5, 0.6) is 0 Å². The van der Waals surface area contributed by atoms with Crippen molar-refractivity contribution in [2.24, 2.45) is 0 Å². The van der Waals surface area contributed by atoms with Crippen molar-refractivity contribution in [1.82, 2.24) is 5.48 Å². The van der Waals surface area contributed by atoms with E-state index < -0.39 is 0 Å². The third-order valence-electron chi connectivity index (χ3n) is 1.59. The number of hydrogen-bond donors (Lipinski definition) is 2. The van der Waals surface area contributed by atoms with Crippen LogP contribution in [0.15, 0.2) is 12.1 Å². The first kappa shape index (κ1) is 11.1. The Morgan fingerprint density at radius 2 is 1.69 bits per heavy atom. The van der Waals surface area contributed by atoms with Gasteiger partial charge in [-0.05, 0) is 24.1 Å². The van der Waals surface area contributed by atoms with Gasteiger partial charge in [-0.25, -0.2) is 5.48 Å². The van der Waals surface area contributed by atoms with Crippen LogP contribution in [-0.2, 0) is 6.42 Å². The number of hydrogen-bond acceptors (Lipinski definition) is 2. The Balaban J connectivity index is 2.92. The summed E-state index contributed by atoms with van der Waals surface area (Å²) in [6.07, 6.45) is 0.561. The van der Waals surface area contributed by atoms with Gasteiger partial charge in [-0.15, -0.1) is 0 Å². The maximum Gasteiger partial charge on any atom is 0.0468 e. The molecule has 1 aromatic rings. The third-order valence-corrected chi connectivity index (χ3v) is 2.49. The fraction of sp³-hybridized carbons (Fsp3) is 0.250. The van der Waals surface area contributed by atoms with Gasteiger partial charge in [0.05, 0.1) is 0 Å². The van der Waals surface area contributed by atoms with Gasteiger partial charge in [0, 0.05) is 21.6 Å². The highest BCUT2D eigenvalue weighted by Crippen LogP contribution is 2.28. The molecule has 0 saturated carbocycles. The Morgan fingerprint density at radius 3 is 2.15 bits per heavy atom. The molecule has 0 heterocycles. The van der Waals surface area contributed by atoms with Crippen LogP contribution in [0, 0.1) is 0 Å². The molecule has 0 aliphatic heterocycles. The summed E-state index contributed by atoms with van der Waals surface area (Å²) in [7, 11) is 0. The molecular weight excluding hydrogens is 232 g/mol. The summed E-state index contributed by atoms with van der Waals surface area (Å²) in [4.78, 5) is 0. The summed E-state index contributed by atoms with van der Waals surface area (Å²) in [5.41, 5.74) is 2.82. The molecule has 0 aromatic heterocycles. The zero-order chi connectivity index (χ0) is 9.84. The van der Waals surface area contributed by atoms with Crippen molar-refractivity contribution in [3.8, 4) is 0 Å². The van der Waals surface area contributed by atoms with Crippen molar-refractivity contribution < 1.29 is 5.21 Å². The molecule has 72 valence electrons. The molecule has 0 radical (unpaired) electrons. The number of halogens is 3. The SMILES string of the molecule is ONCCc1c(Cl)cc(Cl)cc1Cl. The monoisotopic (exact) mass is 239 g/mol. The zero-order valence-electron chi connectivity index (χ0n) is 6.65. The molecule has 0 aliphatic carbocycles. The van der Waals surface area contributed by atoms with Gasteiger partial charge in [-0.1, -0.05) is 34.8 Å². The second-order valence-corrected chi connectivity index (χ2v) is 3.76. The van der Waals surface area contributed by atoms with Gasteiger partial charge < -0.3 is 5.21 Å². The summed E-state index contributed by atoms with van der Waals surface area (Å²) >= 11 is 17.5. The van der Waals surface area contributed by atoms with Gasteiger partial charge in [-0.2, -0.15) is 0 Å². The number of nitrogens with one attached hydrogen (secondary N) is 1.